The van der Waals surface area contributed by atoms with E-state index in [0.29, 0.717) is 24.7 Å². The third-order valence-corrected chi connectivity index (χ3v) is 4.33. The van der Waals surface area contributed by atoms with Crippen LogP contribution in [0.25, 0.3) is 0 Å². The third-order valence-electron chi connectivity index (χ3n) is 3.98. The first-order valence-corrected chi connectivity index (χ1v) is 7.79. The number of halogens is 1. The molecule has 2 heterocycles. The zero-order valence-corrected chi connectivity index (χ0v) is 14.0. The second-order valence-electron chi connectivity index (χ2n) is 5.55. The summed E-state index contributed by atoms with van der Waals surface area (Å²) < 4.78 is 7.07. The van der Waals surface area contributed by atoms with Gasteiger partial charge in [0.25, 0.3) is 0 Å². The van der Waals surface area contributed by atoms with Gasteiger partial charge in [-0.25, -0.2) is 0 Å². The lowest BCUT2D eigenvalue weighted by Gasteiger charge is -2.33. The van der Waals surface area contributed by atoms with Gasteiger partial charge in [-0.1, -0.05) is 17.7 Å². The van der Waals surface area contributed by atoms with Crippen LogP contribution in [0.2, 0.25) is 5.02 Å². The molecule has 3 rings (SSSR count). The van der Waals surface area contributed by atoms with Crippen molar-refractivity contribution in [1.29, 1.82) is 0 Å². The first-order chi connectivity index (χ1) is 11.1. The van der Waals surface area contributed by atoms with Crippen LogP contribution in [0, 0.1) is 0 Å². The summed E-state index contributed by atoms with van der Waals surface area (Å²) in [5, 5.41) is 4.78. The molecule has 1 amide bonds. The minimum atomic E-state index is 0.0651. The Kier molecular flexibility index (Phi) is 4.54. The Morgan fingerprint density at radius 2 is 2.17 bits per heavy atom. The highest BCUT2D eigenvalue weighted by Gasteiger charge is 2.26. The van der Waals surface area contributed by atoms with E-state index >= 15 is 0 Å². The van der Waals surface area contributed by atoms with Crippen LogP contribution in [0.1, 0.15) is 5.56 Å². The highest BCUT2D eigenvalue weighted by molar-refractivity contribution is 6.31. The van der Waals surface area contributed by atoms with Crippen molar-refractivity contribution in [2.75, 3.05) is 31.6 Å². The Hall–Kier alpha value is -2.05. The van der Waals surface area contributed by atoms with Gasteiger partial charge in [0.2, 0.25) is 5.91 Å². The predicted octanol–water partition coefficient (Wildman–Crippen LogP) is 1.93. The van der Waals surface area contributed by atoms with Gasteiger partial charge in [-0.2, -0.15) is 5.10 Å². The summed E-state index contributed by atoms with van der Waals surface area (Å²) in [6.07, 6.45) is 3.56. The summed E-state index contributed by atoms with van der Waals surface area (Å²) in [6, 6.07) is 5.58. The fourth-order valence-corrected chi connectivity index (χ4v) is 3.01. The summed E-state index contributed by atoms with van der Waals surface area (Å²) >= 11 is 6.28. The summed E-state index contributed by atoms with van der Waals surface area (Å²) in [5.41, 5.74) is 1.76. The fourth-order valence-electron chi connectivity index (χ4n) is 2.78. The Balaban J connectivity index is 1.70. The molecule has 0 spiro atoms. The number of nitrogens with zero attached hydrogens (tertiary/aromatic N) is 4. The number of benzene rings is 1. The van der Waals surface area contributed by atoms with Crippen molar-refractivity contribution in [2.24, 2.45) is 7.05 Å². The van der Waals surface area contributed by atoms with Crippen LogP contribution in [-0.4, -0.2) is 47.3 Å². The van der Waals surface area contributed by atoms with Crippen molar-refractivity contribution in [2.45, 2.75) is 6.54 Å². The van der Waals surface area contributed by atoms with Crippen molar-refractivity contribution in [1.82, 2.24) is 14.7 Å². The van der Waals surface area contributed by atoms with Crippen molar-refractivity contribution in [3.05, 3.63) is 41.2 Å². The molecule has 0 radical (unpaired) electrons. The molecule has 0 N–H and O–H groups in total. The number of methoxy groups -OCH3 is 1. The minimum absolute atomic E-state index is 0.0651. The molecule has 1 aromatic carbocycles. The van der Waals surface area contributed by atoms with Crippen molar-refractivity contribution in [3.8, 4) is 5.75 Å². The molecule has 0 unspecified atom stereocenters. The molecule has 0 saturated carbocycles. The monoisotopic (exact) mass is 334 g/mol. The number of hydrogen-bond donors (Lipinski definition) is 0. The third kappa shape index (κ3) is 3.33. The quantitative estimate of drug-likeness (QED) is 0.857. The maximum Gasteiger partial charge on any atom is 0.241 e. The first-order valence-electron chi connectivity index (χ1n) is 7.41. The van der Waals surface area contributed by atoms with Gasteiger partial charge in [-0.3, -0.25) is 14.4 Å². The fraction of sp³-hybridized carbons (Fsp3) is 0.375. The molecule has 0 aliphatic carbocycles. The summed E-state index contributed by atoms with van der Waals surface area (Å²) in [6.45, 7) is 2.35. The SMILES string of the molecule is COc1cccc(Cl)c1CN1CCN(c2cnn(C)c2)C(=O)C1. The molecule has 7 heteroatoms. The molecule has 0 atom stereocenters. The number of piperazine rings is 1. The Morgan fingerprint density at radius 1 is 1.35 bits per heavy atom. The standard InChI is InChI=1S/C16H19ClN4O2/c1-19-9-12(8-18-19)21-7-6-20(11-16(21)22)10-13-14(17)4-3-5-15(13)23-2/h3-5,8-9H,6-7,10-11H2,1-2H3. The lowest BCUT2D eigenvalue weighted by Crippen LogP contribution is -2.50. The molecule has 1 aromatic heterocycles. The minimum Gasteiger partial charge on any atom is -0.496 e. The summed E-state index contributed by atoms with van der Waals surface area (Å²) in [5.74, 6) is 0.815. The van der Waals surface area contributed by atoms with Gasteiger partial charge in [-0.05, 0) is 12.1 Å². The zero-order chi connectivity index (χ0) is 16.4. The van der Waals surface area contributed by atoms with Crippen LogP contribution >= 0.6 is 11.6 Å². The molecule has 1 fully saturated rings. The van der Waals surface area contributed by atoms with Crippen LogP contribution in [0.3, 0.4) is 0 Å². The normalized spacial score (nSPS) is 16.0. The number of carbonyl (C=O) groups excluding carboxylic acids is 1. The molecular formula is C16H19ClN4O2. The number of ether oxygens (including phenoxy) is 1. The summed E-state index contributed by atoms with van der Waals surface area (Å²) in [7, 11) is 3.47. The second-order valence-corrected chi connectivity index (χ2v) is 5.96. The molecule has 2 aromatic rings. The number of aryl methyl sites for hydroxylation is 1. The van der Waals surface area contributed by atoms with Gasteiger partial charge in [0.1, 0.15) is 5.75 Å². The highest BCUT2D eigenvalue weighted by Crippen LogP contribution is 2.28. The van der Waals surface area contributed by atoms with Crippen LogP contribution in [0.15, 0.2) is 30.6 Å². The largest absolute Gasteiger partial charge is 0.496 e. The Bertz CT molecular complexity index is 716. The maximum atomic E-state index is 12.4. The number of anilines is 1. The van der Waals surface area contributed by atoms with Crippen LogP contribution < -0.4 is 9.64 Å². The average molecular weight is 335 g/mol. The van der Waals surface area contributed by atoms with E-state index in [1.165, 1.54) is 0 Å². The molecule has 0 bridgehead atoms. The van der Waals surface area contributed by atoms with E-state index in [2.05, 4.69) is 10.00 Å². The number of aromatic nitrogens is 2. The maximum absolute atomic E-state index is 12.4. The molecule has 1 saturated heterocycles. The van der Waals surface area contributed by atoms with Crippen molar-refractivity contribution < 1.29 is 9.53 Å². The predicted molar refractivity (Wildman–Crippen MR) is 88.8 cm³/mol. The van der Waals surface area contributed by atoms with E-state index in [0.717, 1.165) is 23.5 Å². The number of hydrogen-bond acceptors (Lipinski definition) is 4. The van der Waals surface area contributed by atoms with Gasteiger partial charge >= 0.3 is 0 Å². The topological polar surface area (TPSA) is 50.6 Å². The smallest absolute Gasteiger partial charge is 0.241 e. The molecular weight excluding hydrogens is 316 g/mol. The van der Waals surface area contributed by atoms with E-state index in [1.54, 1.807) is 22.9 Å². The van der Waals surface area contributed by atoms with Gasteiger partial charge in [0, 0.05) is 43.5 Å². The van der Waals surface area contributed by atoms with Crippen LogP contribution in [0.4, 0.5) is 5.69 Å². The van der Waals surface area contributed by atoms with E-state index in [9.17, 15) is 4.79 Å². The lowest BCUT2D eigenvalue weighted by molar-refractivity contribution is -0.121. The van der Waals surface area contributed by atoms with E-state index in [1.807, 2.05) is 31.4 Å². The molecule has 1 aliphatic heterocycles. The number of carbonyl (C=O) groups is 1. The van der Waals surface area contributed by atoms with Crippen LogP contribution in [0.5, 0.6) is 5.75 Å². The molecule has 1 aliphatic rings. The van der Waals surface area contributed by atoms with Crippen molar-refractivity contribution in [3.63, 3.8) is 0 Å². The molecule has 6 nitrogen and oxygen atoms in total. The van der Waals surface area contributed by atoms with E-state index < -0.39 is 0 Å². The van der Waals surface area contributed by atoms with E-state index in [4.69, 9.17) is 16.3 Å². The molecule has 23 heavy (non-hydrogen) atoms. The number of rotatable bonds is 4. The average Bonchev–Trinajstić information content (AvgIpc) is 2.95. The Labute approximate surface area is 140 Å². The van der Waals surface area contributed by atoms with Gasteiger partial charge in [0.15, 0.2) is 0 Å². The van der Waals surface area contributed by atoms with Gasteiger partial charge < -0.3 is 9.64 Å². The second kappa shape index (κ2) is 6.60. The zero-order valence-electron chi connectivity index (χ0n) is 13.2. The van der Waals surface area contributed by atoms with Gasteiger partial charge in [-0.15, -0.1) is 0 Å². The van der Waals surface area contributed by atoms with E-state index in [-0.39, 0.29) is 5.91 Å². The Morgan fingerprint density at radius 3 is 2.83 bits per heavy atom. The lowest BCUT2D eigenvalue weighted by atomic mass is 10.1. The highest BCUT2D eigenvalue weighted by atomic mass is 35.5. The van der Waals surface area contributed by atoms with Crippen LogP contribution in [-0.2, 0) is 18.4 Å². The number of amides is 1. The summed E-state index contributed by atoms with van der Waals surface area (Å²) in [4.78, 5) is 16.3. The molecule has 122 valence electrons. The van der Waals surface area contributed by atoms with Gasteiger partial charge in [0.05, 0.1) is 25.5 Å². The first kappa shape index (κ1) is 15.8. The van der Waals surface area contributed by atoms with Crippen molar-refractivity contribution >= 4 is 23.2 Å².